The first-order valence-corrected chi connectivity index (χ1v) is 12.6. The third-order valence-corrected chi connectivity index (χ3v) is 6.45. The summed E-state index contributed by atoms with van der Waals surface area (Å²) in [5, 5.41) is 27.9. The number of likely N-dealkylation sites (N-methyl/N-ethyl adjacent to an activating group) is 1. The first-order chi connectivity index (χ1) is 18.2. The number of nitrogens with zero attached hydrogens (tertiary/aromatic N) is 5. The van der Waals surface area contributed by atoms with Gasteiger partial charge < -0.3 is 25.2 Å². The Morgan fingerprint density at radius 2 is 1.95 bits per heavy atom. The summed E-state index contributed by atoms with van der Waals surface area (Å²) < 4.78 is 7.62. The van der Waals surface area contributed by atoms with Crippen molar-refractivity contribution in [2.45, 2.75) is 40.0 Å². The number of carbonyl (C=O) groups is 1. The highest BCUT2D eigenvalue weighted by molar-refractivity contribution is 6.07. The number of ether oxygens (including phenoxy) is 1. The molecule has 0 saturated heterocycles. The fourth-order valence-electron chi connectivity index (χ4n) is 4.34. The van der Waals surface area contributed by atoms with Crippen LogP contribution < -0.4 is 10.1 Å². The molecule has 0 aliphatic rings. The number of carbonyl (C=O) groups excluding carboxylic acids is 1. The van der Waals surface area contributed by atoms with Crippen LogP contribution in [0.25, 0.3) is 22.3 Å². The number of fused-ring (bicyclic) bond motifs is 1. The number of benzene rings is 1. The van der Waals surface area contributed by atoms with Crippen molar-refractivity contribution in [2.24, 2.45) is 0 Å². The second-order valence-corrected chi connectivity index (χ2v) is 9.29. The Labute approximate surface area is 221 Å². The summed E-state index contributed by atoms with van der Waals surface area (Å²) in [4.78, 5) is 24.7. The number of aryl methyl sites for hydroxylation is 2. The van der Waals surface area contributed by atoms with Crippen molar-refractivity contribution in [3.63, 3.8) is 0 Å². The molecule has 3 N–H and O–H groups in total. The highest BCUT2D eigenvalue weighted by Gasteiger charge is 2.20. The van der Waals surface area contributed by atoms with Crippen LogP contribution in [0.4, 0.5) is 0 Å². The number of phenols is 1. The van der Waals surface area contributed by atoms with E-state index in [-0.39, 0.29) is 18.3 Å². The number of aliphatic hydroxyl groups is 1. The van der Waals surface area contributed by atoms with Gasteiger partial charge in [-0.25, -0.2) is 9.97 Å². The molecule has 1 amide bonds. The van der Waals surface area contributed by atoms with Crippen LogP contribution in [-0.2, 0) is 13.1 Å². The number of hydrogen-bond donors (Lipinski definition) is 3. The molecule has 38 heavy (non-hydrogen) atoms. The van der Waals surface area contributed by atoms with Crippen LogP contribution in [0.3, 0.4) is 0 Å². The Morgan fingerprint density at radius 1 is 1.16 bits per heavy atom. The number of aliphatic hydroxyl groups excluding tert-OH is 1. The van der Waals surface area contributed by atoms with Crippen LogP contribution >= 0.6 is 0 Å². The Morgan fingerprint density at radius 3 is 2.63 bits per heavy atom. The van der Waals surface area contributed by atoms with E-state index in [0.29, 0.717) is 52.4 Å². The molecule has 10 nitrogen and oxygen atoms in total. The van der Waals surface area contributed by atoms with Gasteiger partial charge in [-0.15, -0.1) is 0 Å². The summed E-state index contributed by atoms with van der Waals surface area (Å²) in [6.45, 7) is 7.55. The van der Waals surface area contributed by atoms with Crippen LogP contribution in [0.2, 0.25) is 0 Å². The van der Waals surface area contributed by atoms with Gasteiger partial charge in [-0.1, -0.05) is 0 Å². The summed E-state index contributed by atoms with van der Waals surface area (Å²) in [6, 6.07) is 10.1. The van der Waals surface area contributed by atoms with Crippen LogP contribution in [-0.4, -0.2) is 74.1 Å². The van der Waals surface area contributed by atoms with Crippen LogP contribution in [0, 0.1) is 13.8 Å². The molecular formula is C28H34N6O4. The number of phenolic OH excluding ortho intramolecular Hbond substituents is 1. The van der Waals surface area contributed by atoms with Gasteiger partial charge in [-0.2, -0.15) is 5.10 Å². The van der Waals surface area contributed by atoms with E-state index in [9.17, 15) is 15.0 Å². The van der Waals surface area contributed by atoms with Crippen LogP contribution in [0.1, 0.15) is 34.2 Å². The summed E-state index contributed by atoms with van der Waals surface area (Å²) in [5.41, 5.74) is 4.72. The molecule has 3 aromatic heterocycles. The molecule has 1 atom stereocenters. The Balaban J connectivity index is 1.67. The molecule has 1 unspecified atom stereocenters. The number of rotatable bonds is 10. The summed E-state index contributed by atoms with van der Waals surface area (Å²) in [6.07, 6.45) is 1.15. The number of hydrogen-bond acceptors (Lipinski definition) is 8. The van der Waals surface area contributed by atoms with Gasteiger partial charge in [0, 0.05) is 43.3 Å². The third-order valence-electron chi connectivity index (χ3n) is 6.45. The maximum atomic E-state index is 13.7. The normalized spacial score (nSPS) is 12.1. The minimum atomic E-state index is -0.636. The molecule has 0 spiro atoms. The number of pyridine rings is 2. The minimum absolute atomic E-state index is 0.0553. The lowest BCUT2D eigenvalue weighted by Crippen LogP contribution is -2.29. The lowest BCUT2D eigenvalue weighted by Gasteiger charge is -2.19. The third kappa shape index (κ3) is 5.76. The predicted molar refractivity (Wildman–Crippen MR) is 145 cm³/mol. The maximum absolute atomic E-state index is 13.7. The SMILES string of the molecule is CCn1ncc(CN(C)C(=O)c2cc(-c3ccc(OCC(O)CNC)c(C)n3)nc3ccc(O)cc23)c1C. The predicted octanol–water partition coefficient (Wildman–Crippen LogP) is 3.07. The van der Waals surface area contributed by atoms with Gasteiger partial charge in [0.15, 0.2) is 0 Å². The highest BCUT2D eigenvalue weighted by Crippen LogP contribution is 2.29. The van der Waals surface area contributed by atoms with Crippen molar-refractivity contribution in [2.75, 3.05) is 27.2 Å². The molecule has 10 heteroatoms. The van der Waals surface area contributed by atoms with Crippen LogP contribution in [0.5, 0.6) is 11.5 Å². The second-order valence-electron chi connectivity index (χ2n) is 9.29. The van der Waals surface area contributed by atoms with Crippen LogP contribution in [0.15, 0.2) is 42.6 Å². The standard InChI is InChI=1S/C28H34N6O4/c1-6-34-18(3)19(13-30-34)15-33(5)28(37)23-12-26(32-24-8-7-20(35)11-22(23)24)25-9-10-27(17(2)31-25)38-16-21(36)14-29-4/h7-13,21,29,35-36H,6,14-16H2,1-5H3. The molecule has 0 aliphatic heterocycles. The lowest BCUT2D eigenvalue weighted by atomic mass is 10.0. The van der Waals surface area contributed by atoms with Crippen molar-refractivity contribution < 1.29 is 19.7 Å². The maximum Gasteiger partial charge on any atom is 0.254 e. The van der Waals surface area contributed by atoms with E-state index >= 15 is 0 Å². The summed E-state index contributed by atoms with van der Waals surface area (Å²) in [7, 11) is 3.51. The zero-order valence-electron chi connectivity index (χ0n) is 22.4. The van der Waals surface area contributed by atoms with E-state index in [2.05, 4.69) is 15.4 Å². The van der Waals surface area contributed by atoms with E-state index in [1.54, 1.807) is 61.6 Å². The van der Waals surface area contributed by atoms with E-state index < -0.39 is 6.10 Å². The van der Waals surface area contributed by atoms with Gasteiger partial charge >= 0.3 is 0 Å². The molecule has 1 aromatic carbocycles. The smallest absolute Gasteiger partial charge is 0.254 e. The summed E-state index contributed by atoms with van der Waals surface area (Å²) in [5.74, 6) is 0.413. The number of nitrogens with one attached hydrogen (secondary N) is 1. The topological polar surface area (TPSA) is 126 Å². The molecule has 0 fully saturated rings. The quantitative estimate of drug-likeness (QED) is 0.293. The highest BCUT2D eigenvalue weighted by atomic mass is 16.5. The minimum Gasteiger partial charge on any atom is -0.508 e. The molecule has 4 rings (SSSR count). The molecule has 0 saturated carbocycles. The fraction of sp³-hybridized carbons (Fsp3) is 0.357. The van der Waals surface area contributed by atoms with Gasteiger partial charge in [0.2, 0.25) is 0 Å². The number of aromatic hydroxyl groups is 1. The van der Waals surface area contributed by atoms with Crippen molar-refractivity contribution >= 4 is 16.8 Å². The van der Waals surface area contributed by atoms with Crippen molar-refractivity contribution in [3.05, 3.63) is 65.1 Å². The fourth-order valence-corrected chi connectivity index (χ4v) is 4.34. The van der Waals surface area contributed by atoms with Crippen molar-refractivity contribution in [1.29, 1.82) is 0 Å². The second kappa shape index (κ2) is 11.6. The first-order valence-electron chi connectivity index (χ1n) is 12.6. The zero-order valence-corrected chi connectivity index (χ0v) is 22.4. The van der Waals surface area contributed by atoms with Gasteiger partial charge in [0.05, 0.1) is 34.4 Å². The van der Waals surface area contributed by atoms with Gasteiger partial charge in [-0.3, -0.25) is 9.48 Å². The number of aromatic nitrogens is 4. The Kier molecular flexibility index (Phi) is 8.23. The van der Waals surface area contributed by atoms with Crippen molar-refractivity contribution in [1.82, 2.24) is 30.0 Å². The molecular weight excluding hydrogens is 484 g/mol. The summed E-state index contributed by atoms with van der Waals surface area (Å²) >= 11 is 0. The monoisotopic (exact) mass is 518 g/mol. The molecule has 200 valence electrons. The average molecular weight is 519 g/mol. The van der Waals surface area contributed by atoms with Crippen molar-refractivity contribution in [3.8, 4) is 22.9 Å². The zero-order chi connectivity index (χ0) is 27.4. The number of amides is 1. The van der Waals surface area contributed by atoms with E-state index in [1.165, 1.54) is 0 Å². The van der Waals surface area contributed by atoms with E-state index in [1.807, 2.05) is 25.5 Å². The molecule has 3 heterocycles. The van der Waals surface area contributed by atoms with Gasteiger partial charge in [0.1, 0.15) is 24.2 Å². The molecule has 4 aromatic rings. The largest absolute Gasteiger partial charge is 0.508 e. The first kappa shape index (κ1) is 27.0. The molecule has 0 radical (unpaired) electrons. The Hall–Kier alpha value is -4.02. The van der Waals surface area contributed by atoms with E-state index in [4.69, 9.17) is 9.72 Å². The van der Waals surface area contributed by atoms with Gasteiger partial charge in [0.25, 0.3) is 5.91 Å². The van der Waals surface area contributed by atoms with E-state index in [0.717, 1.165) is 17.8 Å². The average Bonchev–Trinajstić information content (AvgIpc) is 3.25. The Bertz CT molecular complexity index is 1450. The van der Waals surface area contributed by atoms with Gasteiger partial charge in [-0.05, 0) is 64.2 Å². The molecule has 0 aliphatic carbocycles. The lowest BCUT2D eigenvalue weighted by molar-refractivity contribution is 0.0787. The molecule has 0 bridgehead atoms.